The summed E-state index contributed by atoms with van der Waals surface area (Å²) in [6.45, 7) is 4.21. The lowest BCUT2D eigenvalue weighted by molar-refractivity contribution is 0.366. The molecule has 0 fully saturated rings. The molecule has 0 atom stereocenters. The lowest BCUT2D eigenvalue weighted by atomic mass is 10.4. The van der Waals surface area contributed by atoms with Crippen LogP contribution in [0.4, 0.5) is 0 Å². The molecule has 4 heterocycles. The maximum absolute atomic E-state index is 12.9. The third-order valence-corrected chi connectivity index (χ3v) is 4.19. The van der Waals surface area contributed by atoms with E-state index in [0.29, 0.717) is 29.5 Å². The highest BCUT2D eigenvalue weighted by Crippen LogP contribution is 2.27. The fourth-order valence-corrected chi connectivity index (χ4v) is 2.94. The fraction of sp³-hybridized carbons (Fsp3) is 0.188. The van der Waals surface area contributed by atoms with Crippen LogP contribution in [0.3, 0.4) is 0 Å². The van der Waals surface area contributed by atoms with Crippen LogP contribution in [-0.2, 0) is 4.18 Å². The van der Waals surface area contributed by atoms with Crippen molar-refractivity contribution in [3.8, 4) is 11.7 Å². The molecule has 0 unspecified atom stereocenters. The minimum absolute atomic E-state index is 0.224. The van der Waals surface area contributed by atoms with Crippen LogP contribution in [0.5, 0.6) is 5.88 Å². The summed E-state index contributed by atoms with van der Waals surface area (Å²) in [6, 6.07) is 7.32. The molecule has 0 N–H and O–H groups in total. The average Bonchev–Trinajstić information content (AvgIpc) is 3.16. The Bertz CT molecular complexity index is 1110. The Labute approximate surface area is 147 Å². The van der Waals surface area contributed by atoms with Gasteiger partial charge < -0.3 is 4.18 Å². The number of hydrogen-bond acceptors (Lipinski definition) is 6. The number of hydrogen-bond donors (Lipinski definition) is 0. The van der Waals surface area contributed by atoms with Crippen molar-refractivity contribution in [3.05, 3.63) is 58.9 Å². The molecule has 0 amide bonds. The summed E-state index contributed by atoms with van der Waals surface area (Å²) in [5.74, 6) is 0.807. The minimum Gasteiger partial charge on any atom is -0.377 e. The second kappa shape index (κ2) is 6.26. The Morgan fingerprint density at radius 1 is 1.24 bits per heavy atom. The molecular weight excluding hydrogens is 342 g/mol. The van der Waals surface area contributed by atoms with Gasteiger partial charge in [-0.25, -0.2) is 9.50 Å². The summed E-state index contributed by atoms with van der Waals surface area (Å²) in [7, 11) is 0. The van der Waals surface area contributed by atoms with Gasteiger partial charge in [0.25, 0.3) is 11.4 Å². The summed E-state index contributed by atoms with van der Waals surface area (Å²) >= 11 is 0.854. The van der Waals surface area contributed by atoms with Crippen LogP contribution in [0.15, 0.2) is 47.7 Å². The van der Waals surface area contributed by atoms with Crippen molar-refractivity contribution in [1.82, 2.24) is 23.6 Å². The molecule has 0 radical (unpaired) electrons. The molecule has 25 heavy (non-hydrogen) atoms. The van der Waals surface area contributed by atoms with E-state index in [2.05, 4.69) is 10.1 Å². The standard InChI is InChI=1S/C16H15N5O3S/c1-3-23-25-24-16-14(17-13-6-4-5-7-19(13)16)20-8-9-21-12(15(20)22)10-11(2)18-21/h4-10H,3H2,1-2H3. The van der Waals surface area contributed by atoms with Gasteiger partial charge >= 0.3 is 0 Å². The molecule has 128 valence electrons. The molecule has 0 bridgehead atoms. The van der Waals surface area contributed by atoms with E-state index in [1.54, 1.807) is 27.4 Å². The van der Waals surface area contributed by atoms with Crippen LogP contribution in [0.1, 0.15) is 12.6 Å². The van der Waals surface area contributed by atoms with E-state index >= 15 is 0 Å². The van der Waals surface area contributed by atoms with Gasteiger partial charge in [-0.2, -0.15) is 5.10 Å². The van der Waals surface area contributed by atoms with Gasteiger partial charge in [0.05, 0.1) is 12.3 Å². The zero-order valence-corrected chi connectivity index (χ0v) is 14.4. The molecule has 0 aromatic carbocycles. The molecule has 0 aliphatic rings. The number of aromatic nitrogens is 5. The molecule has 0 aliphatic carbocycles. The third kappa shape index (κ3) is 2.67. The Morgan fingerprint density at radius 2 is 2.12 bits per heavy atom. The Hall–Kier alpha value is -2.78. The van der Waals surface area contributed by atoms with Crippen LogP contribution < -0.4 is 9.74 Å². The first-order valence-corrected chi connectivity index (χ1v) is 8.37. The summed E-state index contributed by atoms with van der Waals surface area (Å²) in [5, 5.41) is 4.26. The van der Waals surface area contributed by atoms with Crippen molar-refractivity contribution in [2.24, 2.45) is 0 Å². The molecular formula is C16H15N5O3S. The van der Waals surface area contributed by atoms with Crippen LogP contribution in [0.25, 0.3) is 17.0 Å². The second-order valence-electron chi connectivity index (χ2n) is 5.32. The van der Waals surface area contributed by atoms with Gasteiger partial charge in [-0.15, -0.1) is 0 Å². The van der Waals surface area contributed by atoms with Crippen molar-refractivity contribution in [1.29, 1.82) is 0 Å². The molecule has 8 nitrogen and oxygen atoms in total. The number of rotatable bonds is 5. The summed E-state index contributed by atoms with van der Waals surface area (Å²) < 4.78 is 15.6. The van der Waals surface area contributed by atoms with Gasteiger partial charge in [-0.1, -0.05) is 6.07 Å². The van der Waals surface area contributed by atoms with Gasteiger partial charge in [0.2, 0.25) is 18.1 Å². The summed E-state index contributed by atoms with van der Waals surface area (Å²) in [4.78, 5) is 17.4. The predicted octanol–water partition coefficient (Wildman–Crippen LogP) is 2.42. The van der Waals surface area contributed by atoms with Crippen molar-refractivity contribution < 1.29 is 8.37 Å². The number of aryl methyl sites for hydroxylation is 1. The zero-order valence-electron chi connectivity index (χ0n) is 13.6. The zero-order chi connectivity index (χ0) is 17.4. The van der Waals surface area contributed by atoms with Crippen LogP contribution in [0, 0.1) is 6.92 Å². The molecule has 0 spiro atoms. The Kier molecular flexibility index (Phi) is 3.94. The van der Waals surface area contributed by atoms with Crippen LogP contribution >= 0.6 is 12.3 Å². The Balaban J connectivity index is 1.92. The van der Waals surface area contributed by atoms with Gasteiger partial charge in [-0.3, -0.25) is 17.9 Å². The lowest BCUT2D eigenvalue weighted by Crippen LogP contribution is -2.20. The summed E-state index contributed by atoms with van der Waals surface area (Å²) in [6.07, 6.45) is 5.16. The highest BCUT2D eigenvalue weighted by atomic mass is 32.2. The van der Waals surface area contributed by atoms with Gasteiger partial charge in [0.1, 0.15) is 11.2 Å². The third-order valence-electron chi connectivity index (χ3n) is 3.63. The maximum atomic E-state index is 12.9. The largest absolute Gasteiger partial charge is 0.377 e. The van der Waals surface area contributed by atoms with E-state index in [1.807, 2.05) is 38.2 Å². The van der Waals surface area contributed by atoms with Crippen molar-refractivity contribution in [3.63, 3.8) is 0 Å². The predicted molar refractivity (Wildman–Crippen MR) is 94.1 cm³/mol. The van der Waals surface area contributed by atoms with Gasteiger partial charge in [-0.05, 0) is 32.0 Å². The smallest absolute Gasteiger partial charge is 0.282 e. The number of imidazole rings is 1. The SMILES string of the molecule is CCOSOc1c(-n2ccn3nc(C)cc3c2=O)nc2ccccn12. The quantitative estimate of drug-likeness (QED) is 0.403. The molecule has 4 rings (SSSR count). The topological polar surface area (TPSA) is 75.1 Å². The van der Waals surface area contributed by atoms with E-state index in [9.17, 15) is 4.79 Å². The molecule has 4 aromatic rings. The highest BCUT2D eigenvalue weighted by molar-refractivity contribution is 7.90. The van der Waals surface area contributed by atoms with E-state index in [1.165, 1.54) is 4.57 Å². The summed E-state index contributed by atoms with van der Waals surface area (Å²) in [5.41, 5.74) is 1.69. The van der Waals surface area contributed by atoms with E-state index in [4.69, 9.17) is 8.37 Å². The Morgan fingerprint density at radius 3 is 2.96 bits per heavy atom. The van der Waals surface area contributed by atoms with Crippen molar-refractivity contribution >= 4 is 23.5 Å². The first kappa shape index (κ1) is 15.7. The van der Waals surface area contributed by atoms with Crippen LogP contribution in [-0.4, -0.2) is 30.2 Å². The van der Waals surface area contributed by atoms with E-state index < -0.39 is 0 Å². The van der Waals surface area contributed by atoms with E-state index in [0.717, 1.165) is 18.0 Å². The lowest BCUT2D eigenvalue weighted by Gasteiger charge is -2.07. The number of pyridine rings is 1. The number of fused-ring (bicyclic) bond motifs is 2. The van der Waals surface area contributed by atoms with Gasteiger partial charge in [0, 0.05) is 18.6 Å². The fourth-order valence-electron chi connectivity index (χ4n) is 2.58. The molecule has 4 aromatic heterocycles. The molecule has 0 saturated heterocycles. The molecule has 0 aliphatic heterocycles. The monoisotopic (exact) mass is 357 g/mol. The van der Waals surface area contributed by atoms with E-state index in [-0.39, 0.29) is 5.56 Å². The van der Waals surface area contributed by atoms with Crippen LogP contribution in [0.2, 0.25) is 0 Å². The van der Waals surface area contributed by atoms with Crippen molar-refractivity contribution in [2.45, 2.75) is 13.8 Å². The molecule has 0 saturated carbocycles. The first-order chi connectivity index (χ1) is 12.2. The highest BCUT2D eigenvalue weighted by Gasteiger charge is 2.18. The normalized spacial score (nSPS) is 11.4. The first-order valence-electron chi connectivity index (χ1n) is 7.70. The minimum atomic E-state index is -0.224. The average molecular weight is 357 g/mol. The van der Waals surface area contributed by atoms with Gasteiger partial charge in [0.15, 0.2) is 0 Å². The van der Waals surface area contributed by atoms with Crippen molar-refractivity contribution in [2.75, 3.05) is 6.61 Å². The molecule has 9 heteroatoms. The number of nitrogens with zero attached hydrogens (tertiary/aromatic N) is 5. The maximum Gasteiger partial charge on any atom is 0.282 e. The second-order valence-corrected chi connectivity index (χ2v) is 5.85.